The number of anilines is 2. The van der Waals surface area contributed by atoms with E-state index in [2.05, 4.69) is 10.7 Å². The highest BCUT2D eigenvalue weighted by Gasteiger charge is 2.08. The summed E-state index contributed by atoms with van der Waals surface area (Å²) >= 11 is 0. The lowest BCUT2D eigenvalue weighted by molar-refractivity contribution is 0.583. The number of halogens is 5. The molecule has 0 unspecified atom stereocenters. The largest absolute Gasteiger partial charge is 0.399 e. The fourth-order valence-electron chi connectivity index (χ4n) is 1.44. The smallest absolute Gasteiger partial charge is 0.232 e. The van der Waals surface area contributed by atoms with Crippen molar-refractivity contribution in [2.24, 2.45) is 0 Å². The van der Waals surface area contributed by atoms with Gasteiger partial charge in [-0.1, -0.05) is 6.92 Å². The fraction of sp³-hybridized carbons (Fsp3) is 0.250. The lowest BCUT2D eigenvalue weighted by Crippen LogP contribution is -2.14. The van der Waals surface area contributed by atoms with Crippen molar-refractivity contribution in [3.8, 4) is 0 Å². The first-order valence-corrected chi connectivity index (χ1v) is 11.9. The number of hydrogen-bond acceptors (Lipinski definition) is 5. The first-order chi connectivity index (χ1) is 13.2. The van der Waals surface area contributed by atoms with E-state index in [1.165, 1.54) is 13.8 Å². The summed E-state index contributed by atoms with van der Waals surface area (Å²) in [6.07, 6.45) is 0. The average Bonchev–Trinajstić information content (AvgIpc) is 2.52. The summed E-state index contributed by atoms with van der Waals surface area (Å²) in [7, 11) is -1.99. The van der Waals surface area contributed by atoms with E-state index in [-0.39, 0.29) is 22.9 Å². The van der Waals surface area contributed by atoms with Crippen LogP contribution in [0.3, 0.4) is 0 Å². The molecule has 0 fully saturated rings. The highest BCUT2D eigenvalue weighted by molar-refractivity contribution is 8.13. The Kier molecular flexibility index (Phi) is 11.0. The lowest BCUT2D eigenvalue weighted by atomic mass is 10.3. The van der Waals surface area contributed by atoms with E-state index < -0.39 is 42.3 Å². The van der Waals surface area contributed by atoms with E-state index in [0.717, 1.165) is 30.3 Å². The molecule has 0 atom stereocenters. The Bertz CT molecular complexity index is 949. The highest BCUT2D eigenvalue weighted by atomic mass is 35.7. The normalized spacial score (nSPS) is 10.9. The van der Waals surface area contributed by atoms with Crippen molar-refractivity contribution >= 4 is 41.1 Å². The first-order valence-electron chi connectivity index (χ1n) is 7.78. The van der Waals surface area contributed by atoms with Crippen LogP contribution in [-0.4, -0.2) is 28.3 Å². The molecule has 0 spiro atoms. The summed E-state index contributed by atoms with van der Waals surface area (Å²) in [6.45, 7) is 2.92. The summed E-state index contributed by atoms with van der Waals surface area (Å²) < 4.78 is 93.1. The maximum atomic E-state index is 12.6. The Morgan fingerprint density at radius 2 is 1.14 bits per heavy atom. The molecule has 2 aromatic rings. The molecule has 0 bridgehead atoms. The van der Waals surface area contributed by atoms with Crippen LogP contribution >= 0.6 is 10.7 Å². The minimum atomic E-state index is -3.49. The third kappa shape index (κ3) is 13.7. The Hall–Kier alpha value is -2.05. The van der Waals surface area contributed by atoms with Crippen LogP contribution in [0.4, 0.5) is 28.9 Å². The Labute approximate surface area is 171 Å². The van der Waals surface area contributed by atoms with Gasteiger partial charge in [0.05, 0.1) is 17.2 Å². The summed E-state index contributed by atoms with van der Waals surface area (Å²) in [6, 6.07) is 5.39. The molecule has 0 aromatic heterocycles. The second-order valence-corrected chi connectivity index (χ2v) is 10.3. The minimum Gasteiger partial charge on any atom is -0.399 e. The average molecular weight is 479 g/mol. The van der Waals surface area contributed by atoms with E-state index in [1.54, 1.807) is 0 Å². The molecular formula is C16H19ClF4N2O4S2. The van der Waals surface area contributed by atoms with Crippen molar-refractivity contribution in [1.29, 1.82) is 0 Å². The van der Waals surface area contributed by atoms with Gasteiger partial charge in [0.25, 0.3) is 0 Å². The van der Waals surface area contributed by atoms with Gasteiger partial charge in [0.2, 0.25) is 19.1 Å². The molecule has 3 N–H and O–H groups in total. The predicted octanol–water partition coefficient (Wildman–Crippen LogP) is 3.85. The van der Waals surface area contributed by atoms with Crippen molar-refractivity contribution in [2.75, 3.05) is 22.0 Å². The zero-order chi connectivity index (χ0) is 22.8. The molecule has 2 aromatic carbocycles. The number of rotatable bonds is 4. The van der Waals surface area contributed by atoms with Gasteiger partial charge in [-0.05, 0) is 31.2 Å². The molecule has 0 saturated heterocycles. The van der Waals surface area contributed by atoms with Gasteiger partial charge >= 0.3 is 0 Å². The first kappa shape index (κ1) is 27.0. The van der Waals surface area contributed by atoms with Crippen molar-refractivity contribution in [2.45, 2.75) is 13.8 Å². The lowest BCUT2D eigenvalue weighted by Gasteiger charge is -2.05. The van der Waals surface area contributed by atoms with E-state index in [9.17, 15) is 34.4 Å². The third-order valence-corrected chi connectivity index (χ3v) is 5.40. The van der Waals surface area contributed by atoms with Crippen LogP contribution in [0.15, 0.2) is 36.4 Å². The summed E-state index contributed by atoms with van der Waals surface area (Å²) in [5.41, 5.74) is 5.08. The van der Waals surface area contributed by atoms with E-state index in [4.69, 9.17) is 5.73 Å². The number of hydrogen-bond donors (Lipinski definition) is 2. The van der Waals surface area contributed by atoms with E-state index in [0.29, 0.717) is 6.07 Å². The molecule has 6 nitrogen and oxygen atoms in total. The molecule has 13 heteroatoms. The maximum absolute atomic E-state index is 12.6. The van der Waals surface area contributed by atoms with Gasteiger partial charge in [-0.15, -0.1) is 0 Å². The van der Waals surface area contributed by atoms with Crippen LogP contribution in [0.25, 0.3) is 0 Å². The molecular weight excluding hydrogens is 460 g/mol. The van der Waals surface area contributed by atoms with Crippen LogP contribution in [0.1, 0.15) is 13.8 Å². The van der Waals surface area contributed by atoms with Crippen molar-refractivity contribution in [3.63, 3.8) is 0 Å². The molecule has 164 valence electrons. The van der Waals surface area contributed by atoms with Gasteiger partial charge in [-0.2, -0.15) is 0 Å². The number of sulfonamides is 1. The standard InChI is InChI=1S/C8H9F2NO2S.C6H5F2N.C2H5ClO2S/c1-2-14(12,13)11-8-4-6(9)3-7(10)5-8;7-4-1-5(8)3-6(9)2-4;1-2-6(3,4)5/h3-5,11H,2H2,1H3;1-3H,9H2;2H2,1H3. The van der Waals surface area contributed by atoms with Gasteiger partial charge in [0.1, 0.15) is 23.3 Å². The number of benzene rings is 2. The molecule has 0 saturated carbocycles. The predicted molar refractivity (Wildman–Crippen MR) is 106 cm³/mol. The monoisotopic (exact) mass is 478 g/mol. The van der Waals surface area contributed by atoms with Crippen LogP contribution < -0.4 is 10.5 Å². The van der Waals surface area contributed by atoms with E-state index >= 15 is 0 Å². The Morgan fingerprint density at radius 1 is 0.793 bits per heavy atom. The zero-order valence-electron chi connectivity index (χ0n) is 15.3. The van der Waals surface area contributed by atoms with Gasteiger partial charge in [-0.3, -0.25) is 4.72 Å². The quantitative estimate of drug-likeness (QED) is 0.394. The van der Waals surface area contributed by atoms with Crippen LogP contribution in [-0.2, 0) is 19.1 Å². The maximum Gasteiger partial charge on any atom is 0.232 e. The Balaban J connectivity index is 0.000000448. The second kappa shape index (κ2) is 11.8. The highest BCUT2D eigenvalue weighted by Crippen LogP contribution is 2.14. The molecule has 0 heterocycles. The van der Waals surface area contributed by atoms with Crippen LogP contribution in [0.5, 0.6) is 0 Å². The summed E-state index contributed by atoms with van der Waals surface area (Å²) in [5.74, 6) is -3.07. The van der Waals surface area contributed by atoms with Crippen LogP contribution in [0, 0.1) is 23.3 Å². The van der Waals surface area contributed by atoms with Crippen molar-refractivity contribution in [1.82, 2.24) is 0 Å². The van der Waals surface area contributed by atoms with Gasteiger partial charge in [-0.25, -0.2) is 34.4 Å². The number of nitrogens with two attached hydrogens (primary N) is 1. The second-order valence-electron chi connectivity index (χ2n) is 5.19. The molecule has 2 rings (SSSR count). The topological polar surface area (TPSA) is 106 Å². The molecule has 0 aliphatic rings. The summed E-state index contributed by atoms with van der Waals surface area (Å²) in [5, 5.41) is 0. The van der Waals surface area contributed by atoms with Crippen molar-refractivity contribution in [3.05, 3.63) is 59.7 Å². The van der Waals surface area contributed by atoms with E-state index in [1.807, 2.05) is 4.72 Å². The Morgan fingerprint density at radius 3 is 1.41 bits per heavy atom. The molecule has 0 aliphatic heterocycles. The molecule has 29 heavy (non-hydrogen) atoms. The van der Waals surface area contributed by atoms with Crippen LogP contribution in [0.2, 0.25) is 0 Å². The van der Waals surface area contributed by atoms with Crippen molar-refractivity contribution < 1.29 is 34.4 Å². The molecule has 0 radical (unpaired) electrons. The summed E-state index contributed by atoms with van der Waals surface area (Å²) in [4.78, 5) is 0. The van der Waals surface area contributed by atoms with Gasteiger partial charge in [0.15, 0.2) is 0 Å². The number of nitrogen functional groups attached to an aromatic ring is 1. The minimum absolute atomic E-state index is 0.00849. The molecule has 0 aliphatic carbocycles. The SMILES string of the molecule is CCS(=O)(=O)Cl.CCS(=O)(=O)Nc1cc(F)cc(F)c1.Nc1cc(F)cc(F)c1. The molecule has 0 amide bonds. The van der Waals surface area contributed by atoms with Gasteiger partial charge in [0, 0.05) is 28.5 Å². The third-order valence-electron chi connectivity index (χ3n) is 2.75. The van der Waals surface area contributed by atoms with Gasteiger partial charge < -0.3 is 5.73 Å². The number of nitrogens with one attached hydrogen (secondary N) is 1. The zero-order valence-corrected chi connectivity index (χ0v) is 17.7. The fourth-order valence-corrected chi connectivity index (χ4v) is 2.06.